The monoisotopic (exact) mass is 369 g/mol. The van der Waals surface area contributed by atoms with Gasteiger partial charge in [-0.1, -0.05) is 0 Å². The van der Waals surface area contributed by atoms with E-state index < -0.39 is 5.60 Å². The van der Waals surface area contributed by atoms with Gasteiger partial charge in [-0.2, -0.15) is 0 Å². The average Bonchev–Trinajstić information content (AvgIpc) is 2.99. The van der Waals surface area contributed by atoms with Crippen LogP contribution in [0.1, 0.15) is 34.1 Å². The number of aliphatic hydroxyl groups excluding tert-OH is 1. The predicted molar refractivity (Wildman–Crippen MR) is 102 cm³/mol. The van der Waals surface area contributed by atoms with Gasteiger partial charge in [0.1, 0.15) is 5.60 Å². The normalized spacial score (nSPS) is 22.7. The van der Waals surface area contributed by atoms with Crippen LogP contribution in [0, 0.1) is 0 Å². The SMILES string of the molecule is CCNC(=NCCN1CCN(C(=O)OC(C)(C)C)CC1)N1CC[C@@H](O)C1. The number of rotatable bonds is 4. The van der Waals surface area contributed by atoms with Crippen LogP contribution < -0.4 is 5.32 Å². The maximum absolute atomic E-state index is 12.1. The molecule has 0 unspecified atom stereocenters. The Bertz CT molecular complexity index is 484. The molecule has 8 nitrogen and oxygen atoms in total. The van der Waals surface area contributed by atoms with Crippen molar-refractivity contribution >= 4 is 12.1 Å². The van der Waals surface area contributed by atoms with Crippen LogP contribution >= 0.6 is 0 Å². The second-order valence-electron chi connectivity index (χ2n) is 7.93. The molecule has 1 atom stereocenters. The van der Waals surface area contributed by atoms with Gasteiger partial charge >= 0.3 is 6.09 Å². The van der Waals surface area contributed by atoms with Gasteiger partial charge in [-0.05, 0) is 34.1 Å². The van der Waals surface area contributed by atoms with Crippen LogP contribution in [-0.4, -0.2) is 102 Å². The number of carbonyl (C=O) groups excluding carboxylic acids is 1. The highest BCUT2D eigenvalue weighted by Crippen LogP contribution is 2.12. The Morgan fingerprint density at radius 3 is 2.42 bits per heavy atom. The molecule has 0 aromatic carbocycles. The minimum Gasteiger partial charge on any atom is -0.444 e. The molecule has 8 heteroatoms. The van der Waals surface area contributed by atoms with E-state index >= 15 is 0 Å². The van der Waals surface area contributed by atoms with Crippen LogP contribution in [0.5, 0.6) is 0 Å². The third kappa shape index (κ3) is 6.64. The Kier molecular flexibility index (Phi) is 7.52. The summed E-state index contributed by atoms with van der Waals surface area (Å²) in [7, 11) is 0. The lowest BCUT2D eigenvalue weighted by Gasteiger charge is -2.35. The molecule has 1 amide bonds. The zero-order valence-electron chi connectivity index (χ0n) is 16.7. The molecule has 0 aromatic rings. The third-order valence-electron chi connectivity index (χ3n) is 4.50. The Morgan fingerprint density at radius 2 is 1.88 bits per heavy atom. The van der Waals surface area contributed by atoms with E-state index in [1.807, 2.05) is 20.8 Å². The highest BCUT2D eigenvalue weighted by atomic mass is 16.6. The zero-order valence-corrected chi connectivity index (χ0v) is 16.7. The van der Waals surface area contributed by atoms with Crippen LogP contribution in [0.3, 0.4) is 0 Å². The van der Waals surface area contributed by atoms with Crippen molar-refractivity contribution < 1.29 is 14.6 Å². The number of guanidine groups is 1. The van der Waals surface area contributed by atoms with E-state index in [-0.39, 0.29) is 12.2 Å². The van der Waals surface area contributed by atoms with Crippen molar-refractivity contribution in [3.05, 3.63) is 0 Å². The molecule has 2 rings (SSSR count). The first kappa shape index (κ1) is 20.8. The van der Waals surface area contributed by atoms with Crippen molar-refractivity contribution in [1.29, 1.82) is 0 Å². The maximum atomic E-state index is 12.1. The second-order valence-corrected chi connectivity index (χ2v) is 7.93. The van der Waals surface area contributed by atoms with Crippen LogP contribution in [0.15, 0.2) is 4.99 Å². The first-order valence-corrected chi connectivity index (χ1v) is 9.70. The van der Waals surface area contributed by atoms with Gasteiger partial charge in [0, 0.05) is 52.4 Å². The molecule has 0 aliphatic carbocycles. The fourth-order valence-corrected chi connectivity index (χ4v) is 3.14. The quantitative estimate of drug-likeness (QED) is 0.557. The first-order valence-electron chi connectivity index (χ1n) is 9.70. The van der Waals surface area contributed by atoms with E-state index in [9.17, 15) is 9.90 Å². The lowest BCUT2D eigenvalue weighted by atomic mass is 10.2. The van der Waals surface area contributed by atoms with Crippen molar-refractivity contribution in [3.63, 3.8) is 0 Å². The van der Waals surface area contributed by atoms with E-state index in [4.69, 9.17) is 9.73 Å². The maximum Gasteiger partial charge on any atom is 0.410 e. The number of amides is 1. The summed E-state index contributed by atoms with van der Waals surface area (Å²) in [6.45, 7) is 14.7. The van der Waals surface area contributed by atoms with E-state index in [0.717, 1.165) is 45.1 Å². The molecule has 2 N–H and O–H groups in total. The van der Waals surface area contributed by atoms with Crippen LogP contribution in [-0.2, 0) is 4.74 Å². The summed E-state index contributed by atoms with van der Waals surface area (Å²) in [5.41, 5.74) is -0.450. The first-order chi connectivity index (χ1) is 12.3. The van der Waals surface area contributed by atoms with Gasteiger partial charge in [0.2, 0.25) is 0 Å². The van der Waals surface area contributed by atoms with Crippen LogP contribution in [0.4, 0.5) is 4.79 Å². The van der Waals surface area contributed by atoms with Crippen molar-refractivity contribution in [1.82, 2.24) is 20.0 Å². The third-order valence-corrected chi connectivity index (χ3v) is 4.50. The lowest BCUT2D eigenvalue weighted by molar-refractivity contribution is 0.0148. The summed E-state index contributed by atoms with van der Waals surface area (Å²) < 4.78 is 5.43. The van der Waals surface area contributed by atoms with Crippen molar-refractivity contribution in [2.24, 2.45) is 4.99 Å². The van der Waals surface area contributed by atoms with Gasteiger partial charge in [-0.3, -0.25) is 9.89 Å². The van der Waals surface area contributed by atoms with E-state index in [1.54, 1.807) is 4.90 Å². The summed E-state index contributed by atoms with van der Waals surface area (Å²) >= 11 is 0. The molecule has 2 saturated heterocycles. The molecule has 0 aromatic heterocycles. The number of piperazine rings is 1. The minimum atomic E-state index is -0.450. The highest BCUT2D eigenvalue weighted by Gasteiger charge is 2.26. The van der Waals surface area contributed by atoms with Crippen molar-refractivity contribution in [2.75, 3.05) is 58.9 Å². The largest absolute Gasteiger partial charge is 0.444 e. The van der Waals surface area contributed by atoms with Gasteiger partial charge in [-0.25, -0.2) is 4.79 Å². The number of likely N-dealkylation sites (tertiary alicyclic amines) is 1. The fourth-order valence-electron chi connectivity index (χ4n) is 3.14. The number of nitrogens with one attached hydrogen (secondary N) is 1. The molecule has 2 aliphatic heterocycles. The molecule has 0 radical (unpaired) electrons. The molecular formula is C18H35N5O3. The zero-order chi connectivity index (χ0) is 19.2. The molecule has 2 aliphatic rings. The van der Waals surface area contributed by atoms with Gasteiger partial charge in [0.25, 0.3) is 0 Å². The summed E-state index contributed by atoms with van der Waals surface area (Å²) in [5.74, 6) is 0.886. The molecule has 150 valence electrons. The topological polar surface area (TPSA) is 80.6 Å². The smallest absolute Gasteiger partial charge is 0.410 e. The summed E-state index contributed by atoms with van der Waals surface area (Å²) in [6, 6.07) is 0. The number of carbonyl (C=O) groups is 1. The second kappa shape index (κ2) is 9.41. The summed E-state index contributed by atoms with van der Waals surface area (Å²) in [6.07, 6.45) is 0.328. The van der Waals surface area contributed by atoms with Crippen LogP contribution in [0.2, 0.25) is 0 Å². The highest BCUT2D eigenvalue weighted by molar-refractivity contribution is 5.80. The van der Waals surface area contributed by atoms with Gasteiger partial charge in [0.15, 0.2) is 5.96 Å². The number of aliphatic imine (C=N–C) groups is 1. The Labute approximate surface area is 157 Å². The molecule has 2 fully saturated rings. The molecule has 2 heterocycles. The molecule has 0 bridgehead atoms. The predicted octanol–water partition coefficient (Wildman–Crippen LogP) is 0.571. The van der Waals surface area contributed by atoms with Gasteiger partial charge < -0.3 is 25.0 Å². The molecular weight excluding hydrogens is 334 g/mol. The fraction of sp³-hybridized carbons (Fsp3) is 0.889. The minimum absolute atomic E-state index is 0.225. The van der Waals surface area contributed by atoms with Crippen molar-refractivity contribution in [3.8, 4) is 0 Å². The Balaban J connectivity index is 1.74. The Morgan fingerprint density at radius 1 is 1.19 bits per heavy atom. The van der Waals surface area contributed by atoms with E-state index in [1.165, 1.54) is 0 Å². The number of hydrogen-bond acceptors (Lipinski definition) is 5. The van der Waals surface area contributed by atoms with Gasteiger partial charge in [0.05, 0.1) is 12.6 Å². The van der Waals surface area contributed by atoms with Crippen molar-refractivity contribution in [2.45, 2.75) is 45.8 Å². The molecule has 26 heavy (non-hydrogen) atoms. The lowest BCUT2D eigenvalue weighted by Crippen LogP contribution is -2.50. The number of aliphatic hydroxyl groups is 1. The number of β-amino-alcohol motifs (C(OH)–C–C–N with tert-alkyl or cyclic N) is 1. The number of nitrogens with zero attached hydrogens (tertiary/aromatic N) is 4. The molecule has 0 spiro atoms. The van der Waals surface area contributed by atoms with E-state index in [2.05, 4.69) is 22.0 Å². The standard InChI is InChI=1S/C18H35N5O3/c1-5-19-16(23-8-6-15(24)14-23)20-7-9-21-10-12-22(13-11-21)17(25)26-18(2,3)4/h15,24H,5-14H2,1-4H3,(H,19,20)/t15-/m1/s1. The number of hydrogen-bond donors (Lipinski definition) is 2. The average molecular weight is 370 g/mol. The summed E-state index contributed by atoms with van der Waals surface area (Å²) in [5, 5.41) is 13.0. The van der Waals surface area contributed by atoms with E-state index in [0.29, 0.717) is 26.2 Å². The summed E-state index contributed by atoms with van der Waals surface area (Å²) in [4.78, 5) is 23.0. The van der Waals surface area contributed by atoms with Crippen LogP contribution in [0.25, 0.3) is 0 Å². The molecule has 0 saturated carbocycles. The van der Waals surface area contributed by atoms with Gasteiger partial charge in [-0.15, -0.1) is 0 Å². The Hall–Kier alpha value is -1.54. The number of ether oxygens (including phenoxy) is 1.